The lowest BCUT2D eigenvalue weighted by Crippen LogP contribution is -1.96. The van der Waals surface area contributed by atoms with Crippen LogP contribution in [0.15, 0.2) is 30.9 Å². The van der Waals surface area contributed by atoms with Gasteiger partial charge in [-0.3, -0.25) is 9.38 Å². The van der Waals surface area contributed by atoms with Crippen molar-refractivity contribution in [3.8, 4) is 11.5 Å². The largest absolute Gasteiger partial charge is 0.294 e. The lowest BCUT2D eigenvalue weighted by atomic mass is 10.3. The quantitative estimate of drug-likeness (QED) is 0.633. The molecule has 3 heterocycles. The van der Waals surface area contributed by atoms with E-state index in [1.807, 2.05) is 30.5 Å². The van der Waals surface area contributed by atoms with Gasteiger partial charge in [-0.15, -0.1) is 0 Å². The summed E-state index contributed by atoms with van der Waals surface area (Å²) in [4.78, 5) is 17.2. The van der Waals surface area contributed by atoms with E-state index in [1.165, 1.54) is 0 Å². The number of fused-ring (bicyclic) bond motifs is 1. The van der Waals surface area contributed by atoms with Gasteiger partial charge in [-0.1, -0.05) is 0 Å². The van der Waals surface area contributed by atoms with Gasteiger partial charge in [0, 0.05) is 24.3 Å². The maximum atomic E-state index is 4.44. The molecule has 17 heavy (non-hydrogen) atoms. The molecular weight excluding hydrogens is 214 g/mol. The fourth-order valence-electron chi connectivity index (χ4n) is 1.86. The van der Waals surface area contributed by atoms with E-state index in [4.69, 9.17) is 0 Å². The highest BCUT2D eigenvalue weighted by Crippen LogP contribution is 2.20. The highest BCUT2D eigenvalue weighted by atomic mass is 15.1. The zero-order valence-electron chi connectivity index (χ0n) is 9.62. The average molecular weight is 225 g/mol. The summed E-state index contributed by atoms with van der Waals surface area (Å²) in [5.74, 6) is 0.696. The van der Waals surface area contributed by atoms with Gasteiger partial charge in [0.05, 0.1) is 11.9 Å². The number of imidazole rings is 1. The van der Waals surface area contributed by atoms with Crippen molar-refractivity contribution >= 4 is 5.65 Å². The molecule has 0 N–H and O–H groups in total. The summed E-state index contributed by atoms with van der Waals surface area (Å²) in [6.45, 7) is 3.90. The number of aromatic nitrogens is 5. The minimum Gasteiger partial charge on any atom is -0.294 e. The Hall–Kier alpha value is -2.30. The van der Waals surface area contributed by atoms with Crippen molar-refractivity contribution < 1.29 is 0 Å². The van der Waals surface area contributed by atoms with E-state index >= 15 is 0 Å². The molecule has 3 rings (SSSR count). The monoisotopic (exact) mass is 225 g/mol. The van der Waals surface area contributed by atoms with Gasteiger partial charge in [0.1, 0.15) is 5.69 Å². The van der Waals surface area contributed by atoms with E-state index in [1.54, 1.807) is 18.6 Å². The first-order chi connectivity index (χ1) is 8.25. The molecule has 0 spiro atoms. The van der Waals surface area contributed by atoms with Gasteiger partial charge in [-0.25, -0.2) is 15.0 Å². The molecule has 0 unspecified atom stereocenters. The molecule has 84 valence electrons. The lowest BCUT2D eigenvalue weighted by molar-refractivity contribution is 1.06. The Kier molecular flexibility index (Phi) is 2.11. The first kappa shape index (κ1) is 9.89. The van der Waals surface area contributed by atoms with Crippen molar-refractivity contribution in [1.82, 2.24) is 24.3 Å². The second-order valence-corrected chi connectivity index (χ2v) is 3.87. The molecular formula is C12H11N5. The Bertz CT molecular complexity index is 686. The molecule has 5 heteroatoms. The van der Waals surface area contributed by atoms with Crippen molar-refractivity contribution in [3.63, 3.8) is 0 Å². The zero-order chi connectivity index (χ0) is 11.8. The predicted molar refractivity (Wildman–Crippen MR) is 63.5 cm³/mol. The van der Waals surface area contributed by atoms with Crippen molar-refractivity contribution in [1.29, 1.82) is 0 Å². The Labute approximate surface area is 98.2 Å². The number of hydrogen-bond donors (Lipinski definition) is 0. The molecule has 0 saturated heterocycles. The van der Waals surface area contributed by atoms with E-state index < -0.39 is 0 Å². The number of nitrogens with zero attached hydrogens (tertiary/aromatic N) is 5. The topological polar surface area (TPSA) is 56.0 Å². The standard InChI is InChI=1S/C12H11N5/c1-8-3-4-14-12(15-8)11-9(2)16-10-7-13-5-6-17(10)11/h3-7H,1-2H3. The van der Waals surface area contributed by atoms with E-state index in [-0.39, 0.29) is 0 Å². The summed E-state index contributed by atoms with van der Waals surface area (Å²) in [7, 11) is 0. The maximum Gasteiger partial charge on any atom is 0.178 e. The Morgan fingerprint density at radius 2 is 2.00 bits per heavy atom. The van der Waals surface area contributed by atoms with Crippen LogP contribution in [0.25, 0.3) is 17.2 Å². The Morgan fingerprint density at radius 3 is 2.82 bits per heavy atom. The summed E-state index contributed by atoms with van der Waals surface area (Å²) in [6.07, 6.45) is 7.09. The third-order valence-corrected chi connectivity index (χ3v) is 2.61. The average Bonchev–Trinajstić information content (AvgIpc) is 2.64. The normalized spacial score (nSPS) is 10.9. The van der Waals surface area contributed by atoms with Crippen LogP contribution < -0.4 is 0 Å². The molecule has 5 nitrogen and oxygen atoms in total. The fourth-order valence-corrected chi connectivity index (χ4v) is 1.86. The lowest BCUT2D eigenvalue weighted by Gasteiger charge is -2.01. The van der Waals surface area contributed by atoms with Crippen LogP contribution in [0.3, 0.4) is 0 Å². The maximum absolute atomic E-state index is 4.44. The first-order valence-corrected chi connectivity index (χ1v) is 5.34. The molecule has 0 aliphatic heterocycles. The summed E-state index contributed by atoms with van der Waals surface area (Å²) in [5, 5.41) is 0. The van der Waals surface area contributed by atoms with Gasteiger partial charge in [0.2, 0.25) is 0 Å². The molecule has 0 saturated carbocycles. The van der Waals surface area contributed by atoms with Crippen LogP contribution in [-0.4, -0.2) is 24.3 Å². The van der Waals surface area contributed by atoms with Gasteiger partial charge >= 0.3 is 0 Å². The molecule has 3 aromatic heterocycles. The van der Waals surface area contributed by atoms with Crippen LogP contribution in [0, 0.1) is 13.8 Å². The molecule has 0 fully saturated rings. The summed E-state index contributed by atoms with van der Waals surface area (Å²) >= 11 is 0. The smallest absolute Gasteiger partial charge is 0.178 e. The van der Waals surface area contributed by atoms with E-state index in [0.29, 0.717) is 5.82 Å². The summed E-state index contributed by atoms with van der Waals surface area (Å²) in [5.41, 5.74) is 3.58. The number of aryl methyl sites for hydroxylation is 2. The Balaban J connectivity index is 2.33. The first-order valence-electron chi connectivity index (χ1n) is 5.34. The van der Waals surface area contributed by atoms with Gasteiger partial charge in [0.25, 0.3) is 0 Å². The second-order valence-electron chi connectivity index (χ2n) is 3.87. The highest BCUT2D eigenvalue weighted by Gasteiger charge is 2.12. The molecule has 0 atom stereocenters. The SMILES string of the molecule is Cc1ccnc(-c2c(C)nc3cnccn23)n1. The number of hydrogen-bond acceptors (Lipinski definition) is 4. The van der Waals surface area contributed by atoms with Gasteiger partial charge in [-0.2, -0.15) is 0 Å². The molecule has 0 aliphatic rings. The molecule has 0 radical (unpaired) electrons. The predicted octanol–water partition coefficient (Wildman–Crippen LogP) is 1.80. The van der Waals surface area contributed by atoms with E-state index in [9.17, 15) is 0 Å². The number of rotatable bonds is 1. The molecule has 0 aromatic carbocycles. The van der Waals surface area contributed by atoms with Crippen molar-refractivity contribution in [2.45, 2.75) is 13.8 Å². The van der Waals surface area contributed by atoms with Crippen molar-refractivity contribution in [2.75, 3.05) is 0 Å². The summed E-state index contributed by atoms with van der Waals surface area (Å²) in [6, 6.07) is 1.88. The van der Waals surface area contributed by atoms with Crippen LogP contribution in [0.5, 0.6) is 0 Å². The second kappa shape index (κ2) is 3.62. The molecule has 0 aliphatic carbocycles. The van der Waals surface area contributed by atoms with Gasteiger partial charge < -0.3 is 0 Å². The van der Waals surface area contributed by atoms with E-state index in [2.05, 4.69) is 19.9 Å². The van der Waals surface area contributed by atoms with Crippen molar-refractivity contribution in [3.05, 3.63) is 42.2 Å². The van der Waals surface area contributed by atoms with Crippen LogP contribution in [-0.2, 0) is 0 Å². The minimum absolute atomic E-state index is 0.696. The van der Waals surface area contributed by atoms with Crippen LogP contribution >= 0.6 is 0 Å². The highest BCUT2D eigenvalue weighted by molar-refractivity contribution is 5.60. The third-order valence-electron chi connectivity index (χ3n) is 2.61. The van der Waals surface area contributed by atoms with Crippen LogP contribution in [0.1, 0.15) is 11.4 Å². The summed E-state index contributed by atoms with van der Waals surface area (Å²) < 4.78 is 1.96. The van der Waals surface area contributed by atoms with E-state index in [0.717, 1.165) is 22.7 Å². The van der Waals surface area contributed by atoms with Crippen LogP contribution in [0.4, 0.5) is 0 Å². The van der Waals surface area contributed by atoms with Gasteiger partial charge in [0.15, 0.2) is 11.5 Å². The zero-order valence-corrected chi connectivity index (χ0v) is 9.62. The minimum atomic E-state index is 0.696. The fraction of sp³-hybridized carbons (Fsp3) is 0.167. The molecule has 3 aromatic rings. The van der Waals surface area contributed by atoms with Gasteiger partial charge in [-0.05, 0) is 19.9 Å². The van der Waals surface area contributed by atoms with Crippen molar-refractivity contribution in [2.24, 2.45) is 0 Å². The molecule has 0 bridgehead atoms. The van der Waals surface area contributed by atoms with Crippen LogP contribution in [0.2, 0.25) is 0 Å². The molecule has 0 amide bonds. The Morgan fingerprint density at radius 1 is 1.12 bits per heavy atom. The third kappa shape index (κ3) is 1.56.